The third-order valence-corrected chi connectivity index (χ3v) is 7.46. The third-order valence-electron chi connectivity index (χ3n) is 7.46. The van der Waals surface area contributed by atoms with Crippen molar-refractivity contribution in [2.45, 2.75) is 91.1 Å². The standard InChI is InChI=1S/C38H49N3O4/c1-8-29-20-15-21-32(24-29)34(35(42)39-26-31-18-13-10-14-19-31)41(28(4)23-22-27(2)3)36(43)33(25-30-16-11-9-12-17-30)40-37(44)45-38(5,6)7/h8-21,24,27-28,33-34H,1,22-23,25-26H2,2-7H3,(H,39,42)(H,40,44). The molecule has 0 aliphatic carbocycles. The summed E-state index contributed by atoms with van der Waals surface area (Å²) in [7, 11) is 0. The summed E-state index contributed by atoms with van der Waals surface area (Å²) in [5.41, 5.74) is 2.57. The smallest absolute Gasteiger partial charge is 0.408 e. The van der Waals surface area contributed by atoms with Crippen LogP contribution in [0.1, 0.15) is 82.7 Å². The van der Waals surface area contributed by atoms with Crippen LogP contribution in [0.15, 0.2) is 91.5 Å². The molecule has 2 N–H and O–H groups in total. The van der Waals surface area contributed by atoms with Crippen LogP contribution >= 0.6 is 0 Å². The van der Waals surface area contributed by atoms with Gasteiger partial charge in [0.1, 0.15) is 17.7 Å². The maximum absolute atomic E-state index is 14.8. The van der Waals surface area contributed by atoms with E-state index in [1.807, 2.05) is 91.9 Å². The van der Waals surface area contributed by atoms with E-state index >= 15 is 0 Å². The molecule has 3 atom stereocenters. The number of nitrogens with zero attached hydrogens (tertiary/aromatic N) is 1. The molecule has 45 heavy (non-hydrogen) atoms. The van der Waals surface area contributed by atoms with Gasteiger partial charge in [-0.05, 0) is 74.8 Å². The van der Waals surface area contributed by atoms with E-state index in [1.54, 1.807) is 31.7 Å². The van der Waals surface area contributed by atoms with E-state index in [-0.39, 0.29) is 24.3 Å². The van der Waals surface area contributed by atoms with Gasteiger partial charge in [0.25, 0.3) is 0 Å². The van der Waals surface area contributed by atoms with Crippen molar-refractivity contribution in [1.82, 2.24) is 15.5 Å². The summed E-state index contributed by atoms with van der Waals surface area (Å²) in [6.07, 6.45) is 2.80. The highest BCUT2D eigenvalue weighted by Crippen LogP contribution is 2.29. The molecule has 0 radical (unpaired) electrons. The van der Waals surface area contributed by atoms with Crippen LogP contribution in [0, 0.1) is 5.92 Å². The predicted molar refractivity (Wildman–Crippen MR) is 181 cm³/mol. The molecular formula is C38H49N3O4. The Morgan fingerprint density at radius 1 is 0.867 bits per heavy atom. The lowest BCUT2D eigenvalue weighted by molar-refractivity contribution is -0.145. The van der Waals surface area contributed by atoms with Gasteiger partial charge in [-0.2, -0.15) is 0 Å². The maximum Gasteiger partial charge on any atom is 0.408 e. The van der Waals surface area contributed by atoms with E-state index < -0.39 is 23.8 Å². The Bertz CT molecular complexity index is 1400. The fraction of sp³-hybridized carbons (Fsp3) is 0.395. The summed E-state index contributed by atoms with van der Waals surface area (Å²) in [6, 6.07) is 24.5. The zero-order valence-electron chi connectivity index (χ0n) is 27.6. The van der Waals surface area contributed by atoms with Gasteiger partial charge in [0, 0.05) is 19.0 Å². The van der Waals surface area contributed by atoms with Crippen molar-refractivity contribution in [2.24, 2.45) is 5.92 Å². The molecule has 0 bridgehead atoms. The van der Waals surface area contributed by atoms with Crippen molar-refractivity contribution < 1.29 is 19.1 Å². The van der Waals surface area contributed by atoms with E-state index in [1.165, 1.54) is 0 Å². The summed E-state index contributed by atoms with van der Waals surface area (Å²) in [6.45, 7) is 15.8. The fourth-order valence-electron chi connectivity index (χ4n) is 5.17. The molecule has 3 aromatic carbocycles. The van der Waals surface area contributed by atoms with Crippen molar-refractivity contribution >= 4 is 24.0 Å². The Kier molecular flexibility index (Phi) is 13.0. The van der Waals surface area contributed by atoms with Gasteiger partial charge in [-0.15, -0.1) is 0 Å². The molecule has 0 aliphatic heterocycles. The second kappa shape index (κ2) is 16.6. The number of rotatable bonds is 14. The van der Waals surface area contributed by atoms with Crippen LogP contribution in [0.5, 0.6) is 0 Å². The third kappa shape index (κ3) is 11.2. The van der Waals surface area contributed by atoms with Crippen LogP contribution in [0.4, 0.5) is 4.79 Å². The van der Waals surface area contributed by atoms with Gasteiger partial charge in [0.15, 0.2) is 0 Å². The van der Waals surface area contributed by atoms with Crippen LogP contribution in [-0.2, 0) is 27.3 Å². The molecule has 0 aliphatic rings. The molecule has 3 amide bonds. The van der Waals surface area contributed by atoms with Gasteiger partial charge in [-0.25, -0.2) is 4.79 Å². The molecule has 240 valence electrons. The number of nitrogens with one attached hydrogen (secondary N) is 2. The van der Waals surface area contributed by atoms with Crippen LogP contribution in [0.2, 0.25) is 0 Å². The monoisotopic (exact) mass is 611 g/mol. The molecule has 0 spiro atoms. The highest BCUT2D eigenvalue weighted by Gasteiger charge is 2.39. The highest BCUT2D eigenvalue weighted by molar-refractivity contribution is 5.92. The topological polar surface area (TPSA) is 87.7 Å². The molecule has 3 unspecified atom stereocenters. The number of amides is 3. The summed E-state index contributed by atoms with van der Waals surface area (Å²) < 4.78 is 5.57. The average molecular weight is 612 g/mol. The van der Waals surface area contributed by atoms with Crippen molar-refractivity contribution in [3.63, 3.8) is 0 Å². The van der Waals surface area contributed by atoms with Gasteiger partial charge in [0.2, 0.25) is 11.8 Å². The molecular weight excluding hydrogens is 562 g/mol. The quantitative estimate of drug-likeness (QED) is 0.198. The normalized spacial score (nSPS) is 13.3. The maximum atomic E-state index is 14.8. The predicted octanol–water partition coefficient (Wildman–Crippen LogP) is 7.48. The Balaban J connectivity index is 2.11. The molecule has 3 rings (SSSR count). The zero-order valence-corrected chi connectivity index (χ0v) is 27.6. The summed E-state index contributed by atoms with van der Waals surface area (Å²) in [4.78, 5) is 43.8. The van der Waals surface area contributed by atoms with E-state index in [9.17, 15) is 14.4 Å². The van der Waals surface area contributed by atoms with E-state index in [0.717, 1.165) is 23.1 Å². The van der Waals surface area contributed by atoms with Crippen molar-refractivity contribution in [3.05, 3.63) is 114 Å². The van der Waals surface area contributed by atoms with Crippen LogP contribution in [0.25, 0.3) is 6.08 Å². The number of carbonyl (C=O) groups is 3. The van der Waals surface area contributed by atoms with Gasteiger partial charge < -0.3 is 20.3 Å². The van der Waals surface area contributed by atoms with Gasteiger partial charge >= 0.3 is 6.09 Å². The minimum Gasteiger partial charge on any atom is -0.444 e. The van der Waals surface area contributed by atoms with E-state index in [4.69, 9.17) is 4.74 Å². The number of carbonyl (C=O) groups excluding carboxylic acids is 3. The largest absolute Gasteiger partial charge is 0.444 e. The number of ether oxygens (including phenoxy) is 1. The van der Waals surface area contributed by atoms with Crippen LogP contribution in [-0.4, -0.2) is 40.5 Å². The van der Waals surface area contributed by atoms with Crippen molar-refractivity contribution in [3.8, 4) is 0 Å². The molecule has 0 saturated carbocycles. The SMILES string of the molecule is C=Cc1cccc(C(C(=O)NCc2ccccc2)N(C(=O)C(Cc2ccccc2)NC(=O)OC(C)(C)C)C(C)CCC(C)C)c1. The lowest BCUT2D eigenvalue weighted by Gasteiger charge is -2.39. The Labute approximate surface area is 269 Å². The number of alkyl carbamates (subject to hydrolysis) is 1. The highest BCUT2D eigenvalue weighted by atomic mass is 16.6. The Hall–Kier alpha value is -4.39. The Morgan fingerprint density at radius 3 is 2.07 bits per heavy atom. The molecule has 0 heterocycles. The molecule has 7 nitrogen and oxygen atoms in total. The molecule has 0 fully saturated rings. The van der Waals surface area contributed by atoms with E-state index in [2.05, 4.69) is 31.1 Å². The van der Waals surface area contributed by atoms with Gasteiger partial charge in [-0.3, -0.25) is 9.59 Å². The second-order valence-corrected chi connectivity index (χ2v) is 12.9. The van der Waals surface area contributed by atoms with Crippen molar-refractivity contribution in [1.29, 1.82) is 0 Å². The molecule has 0 saturated heterocycles. The average Bonchev–Trinajstić information content (AvgIpc) is 3.00. The fourth-order valence-corrected chi connectivity index (χ4v) is 5.17. The van der Waals surface area contributed by atoms with Crippen molar-refractivity contribution in [2.75, 3.05) is 0 Å². The first-order chi connectivity index (χ1) is 21.4. The molecule has 0 aromatic heterocycles. The lowest BCUT2D eigenvalue weighted by atomic mass is 9.95. The molecule has 7 heteroatoms. The first kappa shape index (κ1) is 35.1. The zero-order chi connectivity index (χ0) is 33.0. The minimum atomic E-state index is -0.976. The lowest BCUT2D eigenvalue weighted by Crippen LogP contribution is -2.56. The van der Waals surface area contributed by atoms with Gasteiger partial charge in [-0.1, -0.05) is 105 Å². The van der Waals surface area contributed by atoms with E-state index in [0.29, 0.717) is 24.4 Å². The molecule has 3 aromatic rings. The first-order valence-electron chi connectivity index (χ1n) is 15.8. The number of hydrogen-bond acceptors (Lipinski definition) is 4. The first-order valence-corrected chi connectivity index (χ1v) is 15.8. The van der Waals surface area contributed by atoms with Crippen LogP contribution in [0.3, 0.4) is 0 Å². The number of benzene rings is 3. The summed E-state index contributed by atoms with van der Waals surface area (Å²) in [5.74, 6) is -0.260. The van der Waals surface area contributed by atoms with Gasteiger partial charge in [0.05, 0.1) is 0 Å². The second-order valence-electron chi connectivity index (χ2n) is 12.9. The minimum absolute atomic E-state index is 0.234. The Morgan fingerprint density at radius 2 is 1.49 bits per heavy atom. The summed E-state index contributed by atoms with van der Waals surface area (Å²) in [5, 5.41) is 5.93. The number of hydrogen-bond donors (Lipinski definition) is 2. The summed E-state index contributed by atoms with van der Waals surface area (Å²) >= 11 is 0. The van der Waals surface area contributed by atoms with Crippen LogP contribution < -0.4 is 10.6 Å².